The first-order valence-corrected chi connectivity index (χ1v) is 16.4. The maximum Gasteiger partial charge on any atom is 0.267 e. The molecule has 0 bridgehead atoms. The molecule has 1 fully saturated rings. The first-order chi connectivity index (χ1) is 23.7. The SMILES string of the molecule is COc1ccc(C(OC[C@H]2O[C@@H](n3cc(C)c(=O)n(C(=O)c4ccc(C)cc4)c3=S)C[C@@H]2O)(c2ccccc2)c2ccc(OC)cc2)cc1. The van der Waals surface area contributed by atoms with E-state index in [1.54, 1.807) is 56.2 Å². The van der Waals surface area contributed by atoms with Crippen LogP contribution in [0.2, 0.25) is 0 Å². The van der Waals surface area contributed by atoms with Gasteiger partial charge in [0, 0.05) is 23.7 Å². The van der Waals surface area contributed by atoms with Crippen molar-refractivity contribution in [2.75, 3.05) is 20.8 Å². The average molecular weight is 679 g/mol. The number of aliphatic hydroxyl groups is 1. The predicted molar refractivity (Wildman–Crippen MR) is 188 cm³/mol. The van der Waals surface area contributed by atoms with Crippen molar-refractivity contribution in [1.82, 2.24) is 9.13 Å². The van der Waals surface area contributed by atoms with Crippen LogP contribution in [0.25, 0.3) is 0 Å². The van der Waals surface area contributed by atoms with E-state index < -0.39 is 35.5 Å². The predicted octanol–water partition coefficient (Wildman–Crippen LogP) is 6.36. The number of rotatable bonds is 10. The van der Waals surface area contributed by atoms with Crippen LogP contribution in [0, 0.1) is 18.6 Å². The number of carbonyl (C=O) groups is 1. The molecule has 0 aliphatic carbocycles. The Hall–Kier alpha value is -4.87. The van der Waals surface area contributed by atoms with Crippen molar-refractivity contribution in [2.45, 2.75) is 44.3 Å². The highest BCUT2D eigenvalue weighted by Gasteiger charge is 2.42. The number of aromatic nitrogens is 2. The molecule has 5 aromatic rings. The lowest BCUT2D eigenvalue weighted by molar-refractivity contribution is -0.0942. The first-order valence-electron chi connectivity index (χ1n) is 15.9. The maximum atomic E-state index is 13.5. The van der Waals surface area contributed by atoms with Gasteiger partial charge in [-0.1, -0.05) is 72.3 Å². The average Bonchev–Trinajstić information content (AvgIpc) is 3.51. The number of hydrogen-bond donors (Lipinski definition) is 1. The van der Waals surface area contributed by atoms with Gasteiger partial charge in [-0.25, -0.2) is 4.57 Å². The minimum Gasteiger partial charge on any atom is -0.497 e. The number of hydrogen-bond acceptors (Lipinski definition) is 8. The molecule has 0 unspecified atom stereocenters. The van der Waals surface area contributed by atoms with Crippen molar-refractivity contribution in [2.24, 2.45) is 0 Å². The highest BCUT2D eigenvalue weighted by Crippen LogP contribution is 2.42. The van der Waals surface area contributed by atoms with E-state index in [1.165, 1.54) is 0 Å². The summed E-state index contributed by atoms with van der Waals surface area (Å²) in [6.45, 7) is 3.54. The van der Waals surface area contributed by atoms with Crippen LogP contribution >= 0.6 is 12.2 Å². The summed E-state index contributed by atoms with van der Waals surface area (Å²) in [5.74, 6) is 0.872. The van der Waals surface area contributed by atoms with Crippen molar-refractivity contribution < 1.29 is 28.8 Å². The third-order valence-electron chi connectivity index (χ3n) is 8.94. The summed E-state index contributed by atoms with van der Waals surface area (Å²) in [4.78, 5) is 26.7. The van der Waals surface area contributed by atoms with Gasteiger partial charge in [0.1, 0.15) is 29.4 Å². The van der Waals surface area contributed by atoms with Gasteiger partial charge in [-0.3, -0.25) is 14.2 Å². The number of aliphatic hydroxyl groups excluding tert-OH is 1. The zero-order valence-electron chi connectivity index (χ0n) is 27.7. The highest BCUT2D eigenvalue weighted by molar-refractivity contribution is 7.71. The standard InChI is InChI=1S/C39H38N2O7S/c1-25-10-12-27(13-11-25)37(44)41-36(43)26(2)23-40(38(41)49)35-22-33(42)34(48-35)24-47-39(28-8-6-5-7-9-28,29-14-18-31(45-3)19-15-29)30-16-20-32(46-4)21-17-30/h5-21,23,33-35,42H,22,24H2,1-4H3/t33-,34+,35+/m0/s1. The molecule has 1 saturated heterocycles. The van der Waals surface area contributed by atoms with E-state index in [0.717, 1.165) is 26.8 Å². The fourth-order valence-corrected chi connectivity index (χ4v) is 6.56. The molecule has 6 rings (SSSR count). The maximum absolute atomic E-state index is 13.5. The molecule has 9 nitrogen and oxygen atoms in total. The fraction of sp³-hybridized carbons (Fsp3) is 0.256. The Balaban J connectivity index is 1.35. The molecule has 0 spiro atoms. The van der Waals surface area contributed by atoms with Crippen LogP contribution < -0.4 is 15.0 Å². The van der Waals surface area contributed by atoms with Crippen molar-refractivity contribution in [3.63, 3.8) is 0 Å². The third-order valence-corrected chi connectivity index (χ3v) is 9.33. The van der Waals surface area contributed by atoms with Gasteiger partial charge in [0.05, 0.1) is 26.9 Å². The van der Waals surface area contributed by atoms with Crippen LogP contribution in [0.5, 0.6) is 11.5 Å². The van der Waals surface area contributed by atoms with Crippen molar-refractivity contribution in [3.8, 4) is 11.5 Å². The van der Waals surface area contributed by atoms with E-state index in [-0.39, 0.29) is 17.8 Å². The first kappa shape index (κ1) is 34.0. The molecule has 2 heterocycles. The number of nitrogens with zero attached hydrogens (tertiary/aromatic N) is 2. The molecule has 3 atom stereocenters. The highest BCUT2D eigenvalue weighted by atomic mass is 32.1. The molecule has 252 valence electrons. The molecule has 1 aliphatic heterocycles. The van der Waals surface area contributed by atoms with E-state index >= 15 is 0 Å². The van der Waals surface area contributed by atoms with E-state index in [9.17, 15) is 14.7 Å². The van der Waals surface area contributed by atoms with E-state index in [1.807, 2.05) is 85.8 Å². The zero-order chi connectivity index (χ0) is 34.7. The van der Waals surface area contributed by atoms with E-state index in [4.69, 9.17) is 31.2 Å². The molecule has 4 aromatic carbocycles. The normalized spacial score (nSPS) is 17.5. The lowest BCUT2D eigenvalue weighted by Gasteiger charge is -2.37. The van der Waals surface area contributed by atoms with Crippen LogP contribution in [0.4, 0.5) is 0 Å². The molecule has 49 heavy (non-hydrogen) atoms. The summed E-state index contributed by atoms with van der Waals surface area (Å²) in [6.07, 6.45) is -0.698. The van der Waals surface area contributed by atoms with Crippen molar-refractivity contribution >= 4 is 18.1 Å². The number of aryl methyl sites for hydroxylation is 2. The second kappa shape index (κ2) is 14.3. The van der Waals surface area contributed by atoms with E-state index in [0.29, 0.717) is 22.6 Å². The Morgan fingerprint density at radius 1 is 0.857 bits per heavy atom. The lowest BCUT2D eigenvalue weighted by Crippen LogP contribution is -2.38. The Kier molecular flexibility index (Phi) is 9.94. The fourth-order valence-electron chi connectivity index (χ4n) is 6.23. The summed E-state index contributed by atoms with van der Waals surface area (Å²) in [6, 6.07) is 32.2. The molecule has 0 amide bonds. The molecule has 0 saturated carbocycles. The summed E-state index contributed by atoms with van der Waals surface area (Å²) in [5, 5.41) is 11.3. The summed E-state index contributed by atoms with van der Waals surface area (Å²) in [5.41, 5.74) is 2.57. The van der Waals surface area contributed by atoms with Gasteiger partial charge in [0.25, 0.3) is 11.5 Å². The molecular formula is C39H38N2O7S. The molecule has 1 aromatic heterocycles. The second-order valence-electron chi connectivity index (χ2n) is 12.1. The Morgan fingerprint density at radius 3 is 1.96 bits per heavy atom. The van der Waals surface area contributed by atoms with Crippen LogP contribution in [0.15, 0.2) is 114 Å². The van der Waals surface area contributed by atoms with Crippen molar-refractivity contribution in [1.29, 1.82) is 0 Å². The van der Waals surface area contributed by atoms with Crippen molar-refractivity contribution in [3.05, 3.63) is 158 Å². The lowest BCUT2D eigenvalue weighted by atomic mass is 9.80. The summed E-state index contributed by atoms with van der Waals surface area (Å²) < 4.78 is 26.8. The zero-order valence-corrected chi connectivity index (χ0v) is 28.6. The van der Waals surface area contributed by atoms with Gasteiger partial charge >= 0.3 is 0 Å². The molecule has 0 radical (unpaired) electrons. The van der Waals surface area contributed by atoms with Gasteiger partial charge < -0.3 is 24.1 Å². The van der Waals surface area contributed by atoms with Crippen LogP contribution in [-0.2, 0) is 15.1 Å². The third kappa shape index (κ3) is 6.60. The molecular weight excluding hydrogens is 641 g/mol. The Morgan fingerprint density at radius 2 is 1.41 bits per heavy atom. The van der Waals surface area contributed by atoms with Crippen LogP contribution in [0.3, 0.4) is 0 Å². The van der Waals surface area contributed by atoms with Gasteiger partial charge in [-0.2, -0.15) is 0 Å². The van der Waals surface area contributed by atoms with E-state index in [2.05, 4.69) is 0 Å². The monoisotopic (exact) mass is 678 g/mol. The largest absolute Gasteiger partial charge is 0.497 e. The summed E-state index contributed by atoms with van der Waals surface area (Å²) in [7, 11) is 3.24. The smallest absolute Gasteiger partial charge is 0.267 e. The number of carbonyl (C=O) groups excluding carboxylic acids is 1. The van der Waals surface area contributed by atoms with Gasteiger partial charge in [-0.15, -0.1) is 0 Å². The van der Waals surface area contributed by atoms with Crippen LogP contribution in [0.1, 0.15) is 50.8 Å². The van der Waals surface area contributed by atoms with Gasteiger partial charge in [0.15, 0.2) is 4.77 Å². The topological polar surface area (TPSA) is 101 Å². The quantitative estimate of drug-likeness (QED) is 0.135. The number of methoxy groups -OCH3 is 2. The minimum absolute atomic E-state index is 0.00113. The van der Waals surface area contributed by atoms with Crippen LogP contribution in [-0.4, -0.2) is 53.2 Å². The molecule has 1 aliphatic rings. The minimum atomic E-state index is -1.11. The Labute approximate surface area is 289 Å². The van der Waals surface area contributed by atoms with Gasteiger partial charge in [-0.05, 0) is 79.2 Å². The Bertz CT molecular complexity index is 1990. The second-order valence-corrected chi connectivity index (χ2v) is 12.4. The van der Waals surface area contributed by atoms with Gasteiger partial charge in [0.2, 0.25) is 0 Å². The molecule has 1 N–H and O–H groups in total. The number of ether oxygens (including phenoxy) is 4. The number of benzene rings is 4. The summed E-state index contributed by atoms with van der Waals surface area (Å²) >= 11 is 5.70. The molecule has 10 heteroatoms.